The number of carbonyl (C=O) groups is 1. The topological polar surface area (TPSA) is 94.7 Å². The van der Waals surface area contributed by atoms with Crippen LogP contribution in [0.3, 0.4) is 0 Å². The number of furan rings is 1. The standard InChI is InChI=1S/C17H23N5O3/c1-21(2)15-7-16(20-11-19-15)22-9-14(23)6-13(22)8-18-17(24)5-12-3-4-25-10-12/h3-4,7,10-11,13-14,23H,5-6,8-9H2,1-2H3,(H,18,24)/t13-,14-/m1/s1. The van der Waals surface area contributed by atoms with E-state index in [4.69, 9.17) is 4.42 Å². The molecule has 25 heavy (non-hydrogen) atoms. The van der Waals surface area contributed by atoms with Crippen molar-refractivity contribution in [3.8, 4) is 0 Å². The first-order valence-electron chi connectivity index (χ1n) is 8.25. The van der Waals surface area contributed by atoms with Gasteiger partial charge in [-0.2, -0.15) is 0 Å². The fourth-order valence-electron chi connectivity index (χ4n) is 2.98. The molecule has 1 aliphatic rings. The summed E-state index contributed by atoms with van der Waals surface area (Å²) in [5.41, 5.74) is 0.840. The number of aliphatic hydroxyl groups excluding tert-OH is 1. The molecule has 0 radical (unpaired) electrons. The minimum atomic E-state index is -0.437. The van der Waals surface area contributed by atoms with Crippen LogP contribution in [-0.2, 0) is 11.2 Å². The highest BCUT2D eigenvalue weighted by Crippen LogP contribution is 2.25. The van der Waals surface area contributed by atoms with Crippen LogP contribution in [0.15, 0.2) is 35.4 Å². The Morgan fingerprint density at radius 3 is 3.04 bits per heavy atom. The Bertz CT molecular complexity index is 704. The van der Waals surface area contributed by atoms with Crippen LogP contribution in [0.5, 0.6) is 0 Å². The largest absolute Gasteiger partial charge is 0.472 e. The number of hydrogen-bond donors (Lipinski definition) is 2. The molecule has 1 fully saturated rings. The second kappa shape index (κ2) is 7.52. The van der Waals surface area contributed by atoms with E-state index in [1.807, 2.05) is 30.0 Å². The molecule has 2 N–H and O–H groups in total. The molecule has 1 amide bonds. The highest BCUT2D eigenvalue weighted by Gasteiger charge is 2.32. The molecule has 1 aliphatic heterocycles. The Hall–Kier alpha value is -2.61. The van der Waals surface area contributed by atoms with E-state index in [0.717, 1.165) is 17.2 Å². The number of nitrogens with zero attached hydrogens (tertiary/aromatic N) is 4. The van der Waals surface area contributed by atoms with Gasteiger partial charge in [-0.3, -0.25) is 4.79 Å². The van der Waals surface area contributed by atoms with Crippen LogP contribution in [0.25, 0.3) is 0 Å². The van der Waals surface area contributed by atoms with Crippen LogP contribution in [0.1, 0.15) is 12.0 Å². The quantitative estimate of drug-likeness (QED) is 0.784. The molecule has 0 unspecified atom stereocenters. The molecule has 2 atom stereocenters. The Labute approximate surface area is 146 Å². The van der Waals surface area contributed by atoms with E-state index >= 15 is 0 Å². The van der Waals surface area contributed by atoms with Crippen molar-refractivity contribution in [2.75, 3.05) is 37.0 Å². The summed E-state index contributed by atoms with van der Waals surface area (Å²) in [5.74, 6) is 1.48. The molecule has 3 heterocycles. The van der Waals surface area contributed by atoms with Gasteiger partial charge in [0.1, 0.15) is 18.0 Å². The molecule has 0 aliphatic carbocycles. The number of rotatable bonds is 6. The average Bonchev–Trinajstić information content (AvgIpc) is 3.22. The Kier molecular flexibility index (Phi) is 5.18. The normalized spacial score (nSPS) is 19.9. The monoisotopic (exact) mass is 345 g/mol. The zero-order valence-corrected chi connectivity index (χ0v) is 14.4. The molecule has 8 nitrogen and oxygen atoms in total. The lowest BCUT2D eigenvalue weighted by molar-refractivity contribution is -0.120. The first-order chi connectivity index (χ1) is 12.0. The van der Waals surface area contributed by atoms with Crippen LogP contribution in [0.2, 0.25) is 0 Å². The minimum absolute atomic E-state index is 0.00629. The number of amides is 1. The number of aromatic nitrogens is 2. The number of carbonyl (C=O) groups excluding carboxylic acids is 1. The fourth-order valence-corrected chi connectivity index (χ4v) is 2.98. The minimum Gasteiger partial charge on any atom is -0.472 e. The third-order valence-electron chi connectivity index (χ3n) is 4.26. The molecular formula is C17H23N5O3. The molecule has 0 bridgehead atoms. The lowest BCUT2D eigenvalue weighted by Crippen LogP contribution is -2.41. The lowest BCUT2D eigenvalue weighted by Gasteiger charge is -2.26. The van der Waals surface area contributed by atoms with E-state index in [9.17, 15) is 9.90 Å². The molecule has 2 aromatic rings. The van der Waals surface area contributed by atoms with Gasteiger partial charge in [0.15, 0.2) is 0 Å². The van der Waals surface area contributed by atoms with Crippen molar-refractivity contribution in [1.29, 1.82) is 0 Å². The molecule has 3 rings (SSSR count). The summed E-state index contributed by atoms with van der Waals surface area (Å²) in [6.45, 7) is 0.946. The average molecular weight is 345 g/mol. The predicted molar refractivity (Wildman–Crippen MR) is 93.5 cm³/mol. The van der Waals surface area contributed by atoms with Crippen molar-refractivity contribution in [2.24, 2.45) is 0 Å². The molecule has 1 saturated heterocycles. The summed E-state index contributed by atoms with van der Waals surface area (Å²) in [7, 11) is 3.83. The number of anilines is 2. The first kappa shape index (κ1) is 17.2. The van der Waals surface area contributed by atoms with E-state index in [2.05, 4.69) is 15.3 Å². The van der Waals surface area contributed by atoms with Crippen LogP contribution >= 0.6 is 0 Å². The highest BCUT2D eigenvalue weighted by molar-refractivity contribution is 5.78. The van der Waals surface area contributed by atoms with E-state index in [0.29, 0.717) is 19.5 Å². The van der Waals surface area contributed by atoms with Crippen LogP contribution in [0.4, 0.5) is 11.6 Å². The van der Waals surface area contributed by atoms with Gasteiger partial charge in [-0.05, 0) is 18.1 Å². The van der Waals surface area contributed by atoms with Crippen molar-refractivity contribution in [1.82, 2.24) is 15.3 Å². The summed E-state index contributed by atoms with van der Waals surface area (Å²) in [6.07, 6.45) is 5.07. The summed E-state index contributed by atoms with van der Waals surface area (Å²) in [5, 5.41) is 13.0. The number of nitrogens with one attached hydrogen (secondary N) is 1. The van der Waals surface area contributed by atoms with Gasteiger partial charge >= 0.3 is 0 Å². The second-order valence-corrected chi connectivity index (χ2v) is 6.44. The summed E-state index contributed by atoms with van der Waals surface area (Å²) in [6, 6.07) is 3.65. The fraction of sp³-hybridized carbons (Fsp3) is 0.471. The summed E-state index contributed by atoms with van der Waals surface area (Å²) < 4.78 is 4.97. The third-order valence-corrected chi connectivity index (χ3v) is 4.26. The van der Waals surface area contributed by atoms with Crippen molar-refractivity contribution in [3.05, 3.63) is 36.5 Å². The Morgan fingerprint density at radius 2 is 2.32 bits per heavy atom. The number of hydrogen-bond acceptors (Lipinski definition) is 7. The van der Waals surface area contributed by atoms with E-state index < -0.39 is 6.10 Å². The lowest BCUT2D eigenvalue weighted by atomic mass is 10.2. The summed E-state index contributed by atoms with van der Waals surface area (Å²) in [4.78, 5) is 24.5. The second-order valence-electron chi connectivity index (χ2n) is 6.44. The molecule has 0 aromatic carbocycles. The van der Waals surface area contributed by atoms with Gasteiger partial charge in [0.05, 0.1) is 31.1 Å². The maximum absolute atomic E-state index is 12.1. The first-order valence-corrected chi connectivity index (χ1v) is 8.25. The van der Waals surface area contributed by atoms with Gasteiger partial charge in [0, 0.05) is 33.3 Å². The zero-order chi connectivity index (χ0) is 17.8. The molecule has 0 saturated carbocycles. The van der Waals surface area contributed by atoms with Crippen LogP contribution < -0.4 is 15.1 Å². The molecule has 134 valence electrons. The predicted octanol–water partition coefficient (Wildman–Crippen LogP) is 0.434. The van der Waals surface area contributed by atoms with Gasteiger partial charge in [-0.15, -0.1) is 0 Å². The molecule has 0 spiro atoms. The van der Waals surface area contributed by atoms with Gasteiger partial charge in [-0.1, -0.05) is 0 Å². The SMILES string of the molecule is CN(C)c1cc(N2C[C@H](O)C[C@@H]2CNC(=O)Cc2ccoc2)ncn1. The number of β-amino-alcohol motifs (C(OH)–C–C–N with tert-alkyl or cyclic N) is 1. The van der Waals surface area contributed by atoms with Crippen molar-refractivity contribution < 1.29 is 14.3 Å². The van der Waals surface area contributed by atoms with Crippen molar-refractivity contribution in [3.63, 3.8) is 0 Å². The van der Waals surface area contributed by atoms with Crippen LogP contribution in [0, 0.1) is 0 Å². The maximum Gasteiger partial charge on any atom is 0.224 e. The van der Waals surface area contributed by atoms with E-state index in [1.165, 1.54) is 6.33 Å². The van der Waals surface area contributed by atoms with Gasteiger partial charge in [0.2, 0.25) is 5.91 Å². The Balaban J connectivity index is 1.63. The van der Waals surface area contributed by atoms with Crippen molar-refractivity contribution >= 4 is 17.5 Å². The zero-order valence-electron chi connectivity index (χ0n) is 14.4. The van der Waals surface area contributed by atoms with Gasteiger partial charge in [0.25, 0.3) is 0 Å². The summed E-state index contributed by atoms with van der Waals surface area (Å²) >= 11 is 0. The third kappa shape index (κ3) is 4.27. The van der Waals surface area contributed by atoms with Gasteiger partial charge in [-0.25, -0.2) is 9.97 Å². The van der Waals surface area contributed by atoms with Crippen LogP contribution in [-0.4, -0.2) is 60.3 Å². The maximum atomic E-state index is 12.1. The Morgan fingerprint density at radius 1 is 1.48 bits per heavy atom. The number of aliphatic hydroxyl groups is 1. The highest BCUT2D eigenvalue weighted by atomic mass is 16.3. The molecule has 2 aromatic heterocycles. The smallest absolute Gasteiger partial charge is 0.224 e. The molecular weight excluding hydrogens is 322 g/mol. The molecule has 8 heteroatoms. The van der Waals surface area contributed by atoms with Gasteiger partial charge < -0.3 is 24.6 Å². The van der Waals surface area contributed by atoms with Crippen molar-refractivity contribution in [2.45, 2.75) is 25.0 Å². The van der Waals surface area contributed by atoms with E-state index in [-0.39, 0.29) is 18.4 Å². The van der Waals surface area contributed by atoms with E-state index in [1.54, 1.807) is 18.6 Å².